The Bertz CT molecular complexity index is 432. The first-order valence-corrected chi connectivity index (χ1v) is 6.39. The molecule has 0 amide bonds. The van der Waals surface area contributed by atoms with Gasteiger partial charge in [-0.25, -0.2) is 0 Å². The normalized spacial score (nSPS) is 13.6. The van der Waals surface area contributed by atoms with Crippen LogP contribution in [0.15, 0.2) is 24.3 Å². The molecule has 0 fully saturated rings. The highest BCUT2D eigenvalue weighted by Gasteiger charge is 2.30. The molecule has 0 unspecified atom stereocenters. The Morgan fingerprint density at radius 3 is 2.28 bits per heavy atom. The molecule has 0 saturated heterocycles. The van der Waals surface area contributed by atoms with Crippen LogP contribution in [-0.2, 0) is 19.1 Å². The van der Waals surface area contributed by atoms with Crippen molar-refractivity contribution in [2.24, 2.45) is 0 Å². The Kier molecular flexibility index (Phi) is 5.62. The van der Waals surface area contributed by atoms with Crippen molar-refractivity contribution in [2.75, 3.05) is 7.11 Å². The summed E-state index contributed by atoms with van der Waals surface area (Å²) in [6.45, 7) is 1.28. The van der Waals surface area contributed by atoms with Gasteiger partial charge in [0, 0.05) is 11.9 Å². The summed E-state index contributed by atoms with van der Waals surface area (Å²) >= 11 is 8.95. The molecule has 98 valence electrons. The molecule has 0 heterocycles. The first kappa shape index (κ1) is 15.0. The van der Waals surface area contributed by atoms with Crippen LogP contribution in [-0.4, -0.2) is 23.9 Å². The second kappa shape index (κ2) is 6.75. The molecule has 0 spiro atoms. The lowest BCUT2D eigenvalue weighted by Gasteiger charge is -2.21. The quantitative estimate of drug-likeness (QED) is 0.627. The summed E-state index contributed by atoms with van der Waals surface area (Å²) in [7, 11) is 1.27. The van der Waals surface area contributed by atoms with E-state index >= 15 is 0 Å². The van der Waals surface area contributed by atoms with Crippen LogP contribution < -0.4 is 0 Å². The summed E-state index contributed by atoms with van der Waals surface area (Å²) in [5.41, 5.74) is 0.655. The first-order valence-electron chi connectivity index (χ1n) is 5.10. The Balaban J connectivity index is 3.00. The number of methoxy groups -OCH3 is 1. The molecule has 0 aliphatic rings. The number of hydrogen-bond acceptors (Lipinski definition) is 4. The van der Waals surface area contributed by atoms with Crippen LogP contribution in [0.2, 0.25) is 5.02 Å². The first-order chi connectivity index (χ1) is 8.45. The van der Waals surface area contributed by atoms with Gasteiger partial charge in [0.2, 0.25) is 0 Å². The SMILES string of the molecule is COC(=O)[C@@H](Br)[C@@H](OC(C)=O)c1ccc(Cl)cc1. The zero-order valence-corrected chi connectivity index (χ0v) is 12.2. The molecule has 2 atom stereocenters. The van der Waals surface area contributed by atoms with Gasteiger partial charge < -0.3 is 9.47 Å². The molecule has 1 rings (SSSR count). The Hall–Kier alpha value is -1.07. The molecule has 6 heteroatoms. The number of carbonyl (C=O) groups is 2. The number of alkyl halides is 1. The van der Waals surface area contributed by atoms with Crippen molar-refractivity contribution in [1.82, 2.24) is 0 Å². The van der Waals surface area contributed by atoms with E-state index in [1.165, 1.54) is 14.0 Å². The average Bonchev–Trinajstić information content (AvgIpc) is 2.35. The Morgan fingerprint density at radius 2 is 1.83 bits per heavy atom. The molecular formula is C12H12BrClO4. The fourth-order valence-corrected chi connectivity index (χ4v) is 2.09. The van der Waals surface area contributed by atoms with Crippen molar-refractivity contribution in [3.8, 4) is 0 Å². The van der Waals surface area contributed by atoms with E-state index in [-0.39, 0.29) is 0 Å². The van der Waals surface area contributed by atoms with Crippen molar-refractivity contribution in [3.05, 3.63) is 34.9 Å². The van der Waals surface area contributed by atoms with Gasteiger partial charge >= 0.3 is 11.9 Å². The summed E-state index contributed by atoms with van der Waals surface area (Å²) in [5.74, 6) is -1.00. The lowest BCUT2D eigenvalue weighted by atomic mass is 10.1. The highest BCUT2D eigenvalue weighted by Crippen LogP contribution is 2.28. The van der Waals surface area contributed by atoms with Crippen LogP contribution in [0.3, 0.4) is 0 Å². The second-order valence-corrected chi connectivity index (χ2v) is 4.93. The Labute approximate surface area is 118 Å². The van der Waals surface area contributed by atoms with Gasteiger partial charge in [0.05, 0.1) is 7.11 Å². The summed E-state index contributed by atoms with van der Waals surface area (Å²) in [6, 6.07) is 6.69. The number of carbonyl (C=O) groups excluding carboxylic acids is 2. The van der Waals surface area contributed by atoms with E-state index in [2.05, 4.69) is 20.7 Å². The monoisotopic (exact) mass is 334 g/mol. The summed E-state index contributed by atoms with van der Waals surface area (Å²) in [6.07, 6.45) is -0.757. The standard InChI is InChI=1S/C12H12BrClO4/c1-7(15)18-11(10(13)12(16)17-2)8-3-5-9(14)6-4-8/h3-6,10-11H,1-2H3/t10-,11-/m0/s1. The van der Waals surface area contributed by atoms with E-state index in [1.54, 1.807) is 24.3 Å². The maximum atomic E-state index is 11.5. The van der Waals surface area contributed by atoms with Gasteiger partial charge in [-0.05, 0) is 17.7 Å². The number of esters is 2. The number of rotatable bonds is 4. The third kappa shape index (κ3) is 3.99. The van der Waals surface area contributed by atoms with Gasteiger partial charge in [0.15, 0.2) is 4.83 Å². The number of halogens is 2. The molecule has 0 radical (unpaired) electrons. The smallest absolute Gasteiger partial charge is 0.323 e. The fraction of sp³-hybridized carbons (Fsp3) is 0.333. The van der Waals surface area contributed by atoms with Crippen LogP contribution in [0.5, 0.6) is 0 Å². The van der Waals surface area contributed by atoms with Gasteiger partial charge in [0.25, 0.3) is 0 Å². The van der Waals surface area contributed by atoms with Crippen LogP contribution in [0.4, 0.5) is 0 Å². The third-order valence-corrected chi connectivity index (χ3v) is 3.29. The van der Waals surface area contributed by atoms with Crippen LogP contribution in [0.1, 0.15) is 18.6 Å². The minimum absolute atomic E-state index is 0.483. The molecule has 1 aromatic rings. The van der Waals surface area contributed by atoms with E-state index in [1.807, 2.05) is 0 Å². The molecular weight excluding hydrogens is 323 g/mol. The lowest BCUT2D eigenvalue weighted by Crippen LogP contribution is -2.27. The molecule has 0 aliphatic carbocycles. The number of ether oxygens (including phenoxy) is 2. The van der Waals surface area contributed by atoms with Crippen molar-refractivity contribution in [3.63, 3.8) is 0 Å². The van der Waals surface area contributed by atoms with Gasteiger partial charge in [-0.1, -0.05) is 39.7 Å². The zero-order chi connectivity index (χ0) is 13.7. The van der Waals surface area contributed by atoms with Crippen LogP contribution in [0.25, 0.3) is 0 Å². The molecule has 0 N–H and O–H groups in total. The van der Waals surface area contributed by atoms with Crippen molar-refractivity contribution < 1.29 is 19.1 Å². The zero-order valence-electron chi connectivity index (χ0n) is 9.85. The molecule has 1 aromatic carbocycles. The Morgan fingerprint density at radius 1 is 1.28 bits per heavy atom. The van der Waals surface area contributed by atoms with Crippen molar-refractivity contribution in [2.45, 2.75) is 17.9 Å². The van der Waals surface area contributed by atoms with Crippen LogP contribution in [0, 0.1) is 0 Å². The van der Waals surface area contributed by atoms with Gasteiger partial charge in [-0.3, -0.25) is 9.59 Å². The maximum Gasteiger partial charge on any atom is 0.323 e. The average molecular weight is 336 g/mol. The molecule has 0 aromatic heterocycles. The summed E-state index contributed by atoms with van der Waals surface area (Å²) in [4.78, 5) is 21.8. The van der Waals surface area contributed by atoms with Crippen molar-refractivity contribution >= 4 is 39.5 Å². The van der Waals surface area contributed by atoms with E-state index in [0.29, 0.717) is 10.6 Å². The highest BCUT2D eigenvalue weighted by atomic mass is 79.9. The number of benzene rings is 1. The molecule has 4 nitrogen and oxygen atoms in total. The predicted octanol–water partition coefficient (Wildman–Crippen LogP) is 2.88. The topological polar surface area (TPSA) is 52.6 Å². The molecule has 0 saturated carbocycles. The van der Waals surface area contributed by atoms with Gasteiger partial charge in [-0.15, -0.1) is 0 Å². The maximum absolute atomic E-state index is 11.5. The number of hydrogen-bond donors (Lipinski definition) is 0. The largest absolute Gasteiger partial charge is 0.468 e. The van der Waals surface area contributed by atoms with Gasteiger partial charge in [-0.2, -0.15) is 0 Å². The highest BCUT2D eigenvalue weighted by molar-refractivity contribution is 9.10. The van der Waals surface area contributed by atoms with E-state index in [4.69, 9.17) is 16.3 Å². The minimum Gasteiger partial charge on any atom is -0.468 e. The predicted molar refractivity (Wildman–Crippen MR) is 70.7 cm³/mol. The van der Waals surface area contributed by atoms with Gasteiger partial charge in [0.1, 0.15) is 6.10 Å². The summed E-state index contributed by atoms with van der Waals surface area (Å²) in [5, 5.41) is 0.560. The lowest BCUT2D eigenvalue weighted by molar-refractivity contribution is -0.151. The van der Waals surface area contributed by atoms with E-state index in [0.717, 1.165) is 0 Å². The van der Waals surface area contributed by atoms with E-state index < -0.39 is 22.9 Å². The third-order valence-electron chi connectivity index (χ3n) is 2.18. The molecule has 18 heavy (non-hydrogen) atoms. The molecule has 0 bridgehead atoms. The second-order valence-electron chi connectivity index (χ2n) is 3.51. The minimum atomic E-state index is -0.771. The fourth-order valence-electron chi connectivity index (χ4n) is 1.36. The van der Waals surface area contributed by atoms with Crippen molar-refractivity contribution in [1.29, 1.82) is 0 Å². The summed E-state index contributed by atoms with van der Waals surface area (Å²) < 4.78 is 9.75. The van der Waals surface area contributed by atoms with Crippen LogP contribution >= 0.6 is 27.5 Å². The molecule has 0 aliphatic heterocycles. The van der Waals surface area contributed by atoms with E-state index in [9.17, 15) is 9.59 Å².